The van der Waals surface area contributed by atoms with E-state index in [1.54, 1.807) is 11.3 Å². The number of aryl methyl sites for hydroxylation is 2. The number of hydrogen-bond donors (Lipinski definition) is 1. The highest BCUT2D eigenvalue weighted by Crippen LogP contribution is 2.32. The third-order valence-electron chi connectivity index (χ3n) is 3.09. The van der Waals surface area contributed by atoms with E-state index in [2.05, 4.69) is 49.5 Å². The molecule has 0 aliphatic rings. The maximum atomic E-state index is 6.15. The molecule has 1 aromatic carbocycles. The Kier molecular flexibility index (Phi) is 4.44. The van der Waals surface area contributed by atoms with Gasteiger partial charge in [-0.05, 0) is 44.5 Å². The minimum Gasteiger partial charge on any atom is -0.312 e. The number of nitrogens with one attached hydrogen (secondary N) is 1. The minimum absolute atomic E-state index is 0.336. The van der Waals surface area contributed by atoms with Gasteiger partial charge in [0.05, 0.1) is 4.34 Å². The standard InChI is InChI=1S/C15H18ClNS/c1-10-5-4-6-12(7-10)9-13(17-3)14-8-11(2)15(16)18-14/h4-8,13,17H,9H2,1-3H3. The fourth-order valence-corrected chi connectivity index (χ4v) is 3.40. The van der Waals surface area contributed by atoms with Crippen LogP contribution in [0.3, 0.4) is 0 Å². The Morgan fingerprint density at radius 3 is 2.61 bits per heavy atom. The molecule has 1 N–H and O–H groups in total. The van der Waals surface area contributed by atoms with Crippen LogP contribution in [0, 0.1) is 13.8 Å². The lowest BCUT2D eigenvalue weighted by atomic mass is 10.0. The quantitative estimate of drug-likeness (QED) is 0.868. The van der Waals surface area contributed by atoms with E-state index in [9.17, 15) is 0 Å². The summed E-state index contributed by atoms with van der Waals surface area (Å²) in [6.07, 6.45) is 0.995. The SMILES string of the molecule is CNC(Cc1cccc(C)c1)c1cc(C)c(Cl)s1. The molecule has 1 aromatic heterocycles. The molecular formula is C15H18ClNS. The lowest BCUT2D eigenvalue weighted by Crippen LogP contribution is -2.17. The number of halogens is 1. The molecule has 1 nitrogen and oxygen atoms in total. The van der Waals surface area contributed by atoms with Crippen molar-refractivity contribution in [2.24, 2.45) is 0 Å². The van der Waals surface area contributed by atoms with Crippen molar-refractivity contribution < 1.29 is 0 Å². The third kappa shape index (κ3) is 3.14. The smallest absolute Gasteiger partial charge is 0.0960 e. The van der Waals surface area contributed by atoms with Crippen molar-refractivity contribution in [1.82, 2.24) is 5.32 Å². The van der Waals surface area contributed by atoms with Crippen LogP contribution >= 0.6 is 22.9 Å². The van der Waals surface area contributed by atoms with Gasteiger partial charge in [-0.25, -0.2) is 0 Å². The fourth-order valence-electron chi connectivity index (χ4n) is 2.08. The lowest BCUT2D eigenvalue weighted by molar-refractivity contribution is 0.602. The molecule has 0 saturated carbocycles. The Morgan fingerprint density at radius 2 is 2.06 bits per heavy atom. The van der Waals surface area contributed by atoms with E-state index in [1.807, 2.05) is 7.05 Å². The van der Waals surface area contributed by atoms with E-state index < -0.39 is 0 Å². The van der Waals surface area contributed by atoms with E-state index in [4.69, 9.17) is 11.6 Å². The van der Waals surface area contributed by atoms with Crippen molar-refractivity contribution >= 4 is 22.9 Å². The number of likely N-dealkylation sites (N-methyl/N-ethyl adjacent to an activating group) is 1. The highest BCUT2D eigenvalue weighted by atomic mass is 35.5. The molecule has 0 amide bonds. The van der Waals surface area contributed by atoms with E-state index in [1.165, 1.54) is 21.6 Å². The van der Waals surface area contributed by atoms with Crippen LogP contribution in [0.15, 0.2) is 30.3 Å². The van der Waals surface area contributed by atoms with Crippen molar-refractivity contribution in [2.45, 2.75) is 26.3 Å². The Hall–Kier alpha value is -0.830. The molecule has 2 aromatic rings. The normalized spacial score (nSPS) is 12.7. The van der Waals surface area contributed by atoms with Crippen LogP contribution in [0.2, 0.25) is 4.34 Å². The maximum Gasteiger partial charge on any atom is 0.0960 e. The first-order valence-electron chi connectivity index (χ1n) is 6.09. The predicted molar refractivity (Wildman–Crippen MR) is 80.7 cm³/mol. The Morgan fingerprint density at radius 1 is 1.28 bits per heavy atom. The van der Waals surface area contributed by atoms with Crippen LogP contribution in [0.4, 0.5) is 0 Å². The highest BCUT2D eigenvalue weighted by molar-refractivity contribution is 7.16. The van der Waals surface area contributed by atoms with Crippen molar-refractivity contribution in [2.75, 3.05) is 7.05 Å². The van der Waals surface area contributed by atoms with E-state index >= 15 is 0 Å². The summed E-state index contributed by atoms with van der Waals surface area (Å²) in [5.41, 5.74) is 3.83. The topological polar surface area (TPSA) is 12.0 Å². The molecule has 1 atom stereocenters. The van der Waals surface area contributed by atoms with Crippen LogP contribution in [-0.4, -0.2) is 7.05 Å². The van der Waals surface area contributed by atoms with Gasteiger partial charge in [0.15, 0.2) is 0 Å². The van der Waals surface area contributed by atoms with Gasteiger partial charge in [-0.1, -0.05) is 41.4 Å². The second-order valence-electron chi connectivity index (χ2n) is 4.64. The summed E-state index contributed by atoms with van der Waals surface area (Å²) >= 11 is 7.82. The first-order chi connectivity index (χ1) is 8.60. The van der Waals surface area contributed by atoms with E-state index in [0.717, 1.165) is 10.8 Å². The predicted octanol–water partition coefficient (Wildman–Crippen LogP) is 4.52. The lowest BCUT2D eigenvalue weighted by Gasteiger charge is -2.14. The molecule has 3 heteroatoms. The number of thiophene rings is 1. The maximum absolute atomic E-state index is 6.15. The summed E-state index contributed by atoms with van der Waals surface area (Å²) < 4.78 is 0.898. The van der Waals surface area contributed by atoms with Gasteiger partial charge in [0.2, 0.25) is 0 Å². The molecule has 0 aliphatic carbocycles. The van der Waals surface area contributed by atoms with Gasteiger partial charge in [-0.2, -0.15) is 0 Å². The van der Waals surface area contributed by atoms with Crippen LogP contribution in [-0.2, 0) is 6.42 Å². The van der Waals surface area contributed by atoms with E-state index in [0.29, 0.717) is 6.04 Å². The number of benzene rings is 1. The first-order valence-corrected chi connectivity index (χ1v) is 7.28. The molecule has 0 aliphatic heterocycles. The van der Waals surface area contributed by atoms with Gasteiger partial charge in [0.1, 0.15) is 0 Å². The van der Waals surface area contributed by atoms with Crippen LogP contribution in [0.1, 0.15) is 27.6 Å². The third-order valence-corrected chi connectivity index (χ3v) is 4.76. The average Bonchev–Trinajstić information content (AvgIpc) is 2.66. The van der Waals surface area contributed by atoms with Crippen molar-refractivity contribution in [1.29, 1.82) is 0 Å². The molecule has 96 valence electrons. The molecular weight excluding hydrogens is 262 g/mol. The molecule has 18 heavy (non-hydrogen) atoms. The van der Waals surface area contributed by atoms with E-state index in [-0.39, 0.29) is 0 Å². The van der Waals surface area contributed by atoms with Crippen molar-refractivity contribution in [3.63, 3.8) is 0 Å². The summed E-state index contributed by atoms with van der Waals surface area (Å²) in [6.45, 7) is 4.19. The summed E-state index contributed by atoms with van der Waals surface area (Å²) in [7, 11) is 2.00. The molecule has 0 saturated heterocycles. The van der Waals surface area contributed by atoms with Gasteiger partial charge in [-0.3, -0.25) is 0 Å². The molecule has 2 rings (SSSR count). The van der Waals surface area contributed by atoms with Gasteiger partial charge in [0, 0.05) is 10.9 Å². The molecule has 0 bridgehead atoms. The van der Waals surface area contributed by atoms with Crippen LogP contribution < -0.4 is 5.32 Å². The molecule has 0 spiro atoms. The zero-order chi connectivity index (χ0) is 13.1. The Balaban J connectivity index is 2.19. The Labute approximate surface area is 118 Å². The average molecular weight is 280 g/mol. The highest BCUT2D eigenvalue weighted by Gasteiger charge is 2.14. The summed E-state index contributed by atoms with van der Waals surface area (Å²) in [5, 5.41) is 3.38. The Bertz CT molecular complexity index is 514. The van der Waals surface area contributed by atoms with Gasteiger partial charge in [-0.15, -0.1) is 11.3 Å². The summed E-state index contributed by atoms with van der Waals surface area (Å²) in [5.74, 6) is 0. The van der Waals surface area contributed by atoms with Crippen LogP contribution in [0.5, 0.6) is 0 Å². The second-order valence-corrected chi connectivity index (χ2v) is 6.33. The monoisotopic (exact) mass is 279 g/mol. The molecule has 0 fully saturated rings. The minimum atomic E-state index is 0.336. The summed E-state index contributed by atoms with van der Waals surface area (Å²) in [4.78, 5) is 1.31. The molecule has 1 heterocycles. The zero-order valence-electron chi connectivity index (χ0n) is 11.0. The van der Waals surface area contributed by atoms with Crippen molar-refractivity contribution in [3.8, 4) is 0 Å². The number of rotatable bonds is 4. The molecule has 1 unspecified atom stereocenters. The largest absolute Gasteiger partial charge is 0.312 e. The van der Waals surface area contributed by atoms with Crippen molar-refractivity contribution in [3.05, 3.63) is 56.2 Å². The second kappa shape index (κ2) is 5.87. The summed E-state index contributed by atoms with van der Waals surface area (Å²) in [6, 6.07) is 11.2. The van der Waals surface area contributed by atoms with Gasteiger partial charge >= 0.3 is 0 Å². The molecule has 0 radical (unpaired) electrons. The van der Waals surface area contributed by atoms with Crippen LogP contribution in [0.25, 0.3) is 0 Å². The van der Waals surface area contributed by atoms with Gasteiger partial charge in [0.25, 0.3) is 0 Å². The fraction of sp³-hybridized carbons (Fsp3) is 0.333. The van der Waals surface area contributed by atoms with Gasteiger partial charge < -0.3 is 5.32 Å². The number of hydrogen-bond acceptors (Lipinski definition) is 2. The zero-order valence-corrected chi connectivity index (χ0v) is 12.5. The first kappa shape index (κ1) is 13.6.